The Kier molecular flexibility index (Phi) is 4.47. The van der Waals surface area contributed by atoms with Gasteiger partial charge in [-0.3, -0.25) is 4.79 Å². The largest absolute Gasteiger partial charge is 0.322 e. The van der Waals surface area contributed by atoms with Crippen LogP contribution in [0.1, 0.15) is 15.9 Å². The van der Waals surface area contributed by atoms with E-state index in [0.29, 0.717) is 11.3 Å². The summed E-state index contributed by atoms with van der Waals surface area (Å²) in [6.45, 7) is 1.97. The van der Waals surface area contributed by atoms with Gasteiger partial charge in [0.25, 0.3) is 5.91 Å². The van der Waals surface area contributed by atoms with Gasteiger partial charge in [0.15, 0.2) is 0 Å². The third kappa shape index (κ3) is 3.73. The van der Waals surface area contributed by atoms with Crippen LogP contribution in [0.5, 0.6) is 0 Å². The van der Waals surface area contributed by atoms with Crippen molar-refractivity contribution < 1.29 is 9.18 Å². The van der Waals surface area contributed by atoms with Gasteiger partial charge < -0.3 is 10.6 Å². The molecule has 1 amide bonds. The summed E-state index contributed by atoms with van der Waals surface area (Å²) < 4.78 is 13.6. The summed E-state index contributed by atoms with van der Waals surface area (Å²) in [4.78, 5) is 20.2. The van der Waals surface area contributed by atoms with Crippen molar-refractivity contribution in [3.05, 3.63) is 77.9 Å². The number of hydrogen-bond donors (Lipinski definition) is 2. The molecule has 0 aliphatic carbocycles. The second-order valence-corrected chi connectivity index (χ2v) is 5.22. The number of hydrogen-bond acceptors (Lipinski definition) is 4. The summed E-state index contributed by atoms with van der Waals surface area (Å²) in [7, 11) is 0. The first kappa shape index (κ1) is 15.6. The average Bonchev–Trinajstić information content (AvgIpc) is 2.59. The van der Waals surface area contributed by atoms with E-state index in [1.54, 1.807) is 18.2 Å². The Morgan fingerprint density at radius 1 is 1.00 bits per heavy atom. The van der Waals surface area contributed by atoms with Gasteiger partial charge in [-0.25, -0.2) is 14.4 Å². The van der Waals surface area contributed by atoms with E-state index in [1.807, 2.05) is 31.2 Å². The normalized spacial score (nSPS) is 10.2. The number of carbonyl (C=O) groups is 1. The van der Waals surface area contributed by atoms with Crippen molar-refractivity contribution in [3.8, 4) is 0 Å². The summed E-state index contributed by atoms with van der Waals surface area (Å²) in [5.74, 6) is -0.495. The number of carbonyl (C=O) groups excluding carboxylic acids is 1. The number of rotatable bonds is 4. The van der Waals surface area contributed by atoms with Crippen molar-refractivity contribution >= 4 is 23.2 Å². The predicted molar refractivity (Wildman–Crippen MR) is 90.8 cm³/mol. The number of aromatic nitrogens is 2. The molecule has 0 aliphatic heterocycles. The van der Waals surface area contributed by atoms with E-state index in [-0.39, 0.29) is 17.5 Å². The third-order valence-corrected chi connectivity index (χ3v) is 3.34. The zero-order chi connectivity index (χ0) is 16.9. The molecule has 0 saturated carbocycles. The van der Waals surface area contributed by atoms with Gasteiger partial charge in [0.05, 0.1) is 11.3 Å². The van der Waals surface area contributed by atoms with Gasteiger partial charge >= 0.3 is 0 Å². The first-order chi connectivity index (χ1) is 11.6. The highest BCUT2D eigenvalue weighted by Crippen LogP contribution is 2.16. The molecule has 1 aromatic heterocycles. The van der Waals surface area contributed by atoms with E-state index in [1.165, 1.54) is 18.5 Å². The highest BCUT2D eigenvalue weighted by molar-refractivity contribution is 6.03. The molecule has 0 saturated heterocycles. The van der Waals surface area contributed by atoms with Crippen LogP contribution in [0.25, 0.3) is 0 Å². The van der Waals surface area contributed by atoms with Crippen LogP contribution in [-0.4, -0.2) is 15.9 Å². The molecule has 0 unspecified atom stereocenters. The Labute approximate surface area is 138 Å². The average molecular weight is 322 g/mol. The van der Waals surface area contributed by atoms with Crippen molar-refractivity contribution in [2.24, 2.45) is 0 Å². The topological polar surface area (TPSA) is 66.9 Å². The van der Waals surface area contributed by atoms with Crippen LogP contribution in [0, 0.1) is 12.7 Å². The molecule has 5 nitrogen and oxygen atoms in total. The molecule has 2 N–H and O–H groups in total. The fourth-order valence-corrected chi connectivity index (χ4v) is 2.03. The van der Waals surface area contributed by atoms with E-state index in [0.717, 1.165) is 5.56 Å². The minimum absolute atomic E-state index is 0.215. The van der Waals surface area contributed by atoms with E-state index >= 15 is 0 Å². The molecule has 0 spiro atoms. The maximum atomic E-state index is 13.6. The summed E-state index contributed by atoms with van der Waals surface area (Å²) in [6, 6.07) is 13.7. The second-order valence-electron chi connectivity index (χ2n) is 5.22. The van der Waals surface area contributed by atoms with Crippen LogP contribution in [0.3, 0.4) is 0 Å². The zero-order valence-electron chi connectivity index (χ0n) is 13.0. The fraction of sp³-hybridized carbons (Fsp3) is 0.0556. The quantitative estimate of drug-likeness (QED) is 0.764. The van der Waals surface area contributed by atoms with Gasteiger partial charge in [-0.1, -0.05) is 29.8 Å². The van der Waals surface area contributed by atoms with E-state index in [9.17, 15) is 9.18 Å². The molecule has 3 rings (SSSR count). The molecular weight excluding hydrogens is 307 g/mol. The molecule has 3 aromatic rings. The lowest BCUT2D eigenvalue weighted by Gasteiger charge is -2.07. The van der Waals surface area contributed by atoms with Gasteiger partial charge in [-0.2, -0.15) is 0 Å². The van der Waals surface area contributed by atoms with E-state index < -0.39 is 5.82 Å². The van der Waals surface area contributed by atoms with Gasteiger partial charge in [-0.15, -0.1) is 0 Å². The Morgan fingerprint density at radius 2 is 1.67 bits per heavy atom. The predicted octanol–water partition coefficient (Wildman–Crippen LogP) is 3.92. The number of aryl methyl sites for hydroxylation is 1. The summed E-state index contributed by atoms with van der Waals surface area (Å²) in [6.07, 6.45) is 2.78. The van der Waals surface area contributed by atoms with Gasteiger partial charge in [0.2, 0.25) is 5.95 Å². The number of anilines is 3. The SMILES string of the molecule is Cc1ccc(NC(=O)c2cnc(Nc3ccccc3F)nc2)cc1. The molecule has 0 aliphatic rings. The summed E-state index contributed by atoms with van der Waals surface area (Å²) >= 11 is 0. The van der Waals surface area contributed by atoms with Crippen molar-refractivity contribution in [1.29, 1.82) is 0 Å². The standard InChI is InChI=1S/C18H15FN4O/c1-12-6-8-14(9-7-12)22-17(24)13-10-20-18(21-11-13)23-16-5-3-2-4-15(16)19/h2-11H,1H3,(H,22,24)(H,20,21,23). The molecule has 0 bridgehead atoms. The van der Waals surface area contributed by atoms with Crippen LogP contribution in [0.4, 0.5) is 21.7 Å². The summed E-state index contributed by atoms with van der Waals surface area (Å²) in [5.41, 5.74) is 2.39. The lowest BCUT2D eigenvalue weighted by molar-refractivity contribution is 0.102. The Morgan fingerprint density at radius 3 is 2.33 bits per heavy atom. The Bertz CT molecular complexity index is 848. The van der Waals surface area contributed by atoms with E-state index in [2.05, 4.69) is 20.6 Å². The number of para-hydroxylation sites is 1. The van der Waals surface area contributed by atoms with Crippen LogP contribution in [0.15, 0.2) is 60.9 Å². The molecular formula is C18H15FN4O. The van der Waals surface area contributed by atoms with Crippen LogP contribution >= 0.6 is 0 Å². The van der Waals surface area contributed by atoms with Crippen LogP contribution in [-0.2, 0) is 0 Å². The van der Waals surface area contributed by atoms with Gasteiger partial charge in [-0.05, 0) is 31.2 Å². The molecule has 2 aromatic carbocycles. The first-order valence-corrected chi connectivity index (χ1v) is 7.33. The maximum Gasteiger partial charge on any atom is 0.258 e. The summed E-state index contributed by atoms with van der Waals surface area (Å²) in [5, 5.41) is 5.53. The molecule has 1 heterocycles. The highest BCUT2D eigenvalue weighted by atomic mass is 19.1. The van der Waals surface area contributed by atoms with Crippen molar-refractivity contribution in [1.82, 2.24) is 9.97 Å². The maximum absolute atomic E-state index is 13.6. The Hall–Kier alpha value is -3.28. The molecule has 0 atom stereocenters. The fourth-order valence-electron chi connectivity index (χ4n) is 2.03. The minimum atomic E-state index is -0.401. The monoisotopic (exact) mass is 322 g/mol. The lowest BCUT2D eigenvalue weighted by Crippen LogP contribution is -2.13. The molecule has 6 heteroatoms. The van der Waals surface area contributed by atoms with Gasteiger partial charge in [0.1, 0.15) is 5.82 Å². The van der Waals surface area contributed by atoms with Gasteiger partial charge in [0, 0.05) is 18.1 Å². The minimum Gasteiger partial charge on any atom is -0.322 e. The van der Waals surface area contributed by atoms with Crippen molar-refractivity contribution in [3.63, 3.8) is 0 Å². The zero-order valence-corrected chi connectivity index (χ0v) is 13.0. The number of amides is 1. The van der Waals surface area contributed by atoms with Crippen LogP contribution in [0.2, 0.25) is 0 Å². The third-order valence-electron chi connectivity index (χ3n) is 3.34. The first-order valence-electron chi connectivity index (χ1n) is 7.33. The highest BCUT2D eigenvalue weighted by Gasteiger charge is 2.08. The number of benzene rings is 2. The van der Waals surface area contributed by atoms with Crippen molar-refractivity contribution in [2.75, 3.05) is 10.6 Å². The smallest absolute Gasteiger partial charge is 0.258 e. The van der Waals surface area contributed by atoms with Crippen LogP contribution < -0.4 is 10.6 Å². The molecule has 120 valence electrons. The lowest BCUT2D eigenvalue weighted by atomic mass is 10.2. The van der Waals surface area contributed by atoms with Crippen molar-refractivity contribution in [2.45, 2.75) is 6.92 Å². The van der Waals surface area contributed by atoms with E-state index in [4.69, 9.17) is 0 Å². The molecule has 0 fully saturated rings. The molecule has 0 radical (unpaired) electrons. The number of nitrogens with zero attached hydrogens (tertiary/aromatic N) is 2. The Balaban J connectivity index is 1.68. The second kappa shape index (κ2) is 6.87. The molecule has 24 heavy (non-hydrogen) atoms. The number of halogens is 1. The number of nitrogens with one attached hydrogen (secondary N) is 2.